The topological polar surface area (TPSA) is 75.2 Å². The van der Waals surface area contributed by atoms with E-state index in [1.54, 1.807) is 19.1 Å². The van der Waals surface area contributed by atoms with E-state index in [4.69, 9.17) is 9.47 Å². The molecule has 0 aliphatic carbocycles. The molecular formula is C17H35IN4O3. The molecule has 1 saturated heterocycles. The zero-order chi connectivity index (χ0) is 18.2. The monoisotopic (exact) mass is 470 g/mol. The second-order valence-electron chi connectivity index (χ2n) is 7.15. The number of hydrogen-bond acceptors (Lipinski definition) is 4. The van der Waals surface area contributed by atoms with E-state index in [1.807, 2.05) is 6.92 Å². The highest BCUT2D eigenvalue weighted by molar-refractivity contribution is 14.0. The molecule has 7 nitrogen and oxygen atoms in total. The van der Waals surface area contributed by atoms with Crippen molar-refractivity contribution in [1.82, 2.24) is 15.5 Å². The summed E-state index contributed by atoms with van der Waals surface area (Å²) < 4.78 is 10.6. The third-order valence-corrected chi connectivity index (χ3v) is 4.29. The number of piperidine rings is 1. The van der Waals surface area contributed by atoms with Crippen molar-refractivity contribution in [2.75, 3.05) is 40.4 Å². The van der Waals surface area contributed by atoms with Crippen molar-refractivity contribution >= 4 is 36.0 Å². The van der Waals surface area contributed by atoms with Crippen molar-refractivity contribution in [3.8, 4) is 0 Å². The van der Waals surface area contributed by atoms with E-state index < -0.39 is 0 Å². The van der Waals surface area contributed by atoms with Crippen LogP contribution in [-0.2, 0) is 9.47 Å². The highest BCUT2D eigenvalue weighted by Crippen LogP contribution is 2.21. The predicted octanol–water partition coefficient (Wildman–Crippen LogP) is 2.45. The van der Waals surface area contributed by atoms with E-state index >= 15 is 0 Å². The number of rotatable bonds is 5. The first kappa shape index (κ1) is 24.2. The van der Waals surface area contributed by atoms with Gasteiger partial charge < -0.3 is 25.0 Å². The van der Waals surface area contributed by atoms with Gasteiger partial charge in [-0.2, -0.15) is 0 Å². The van der Waals surface area contributed by atoms with Gasteiger partial charge in [-0.25, -0.2) is 4.79 Å². The Morgan fingerprint density at radius 3 is 2.36 bits per heavy atom. The Hall–Kier alpha value is -0.770. The van der Waals surface area contributed by atoms with Crippen molar-refractivity contribution in [1.29, 1.82) is 0 Å². The highest BCUT2D eigenvalue weighted by Gasteiger charge is 2.26. The Balaban J connectivity index is 0.00000576. The number of ether oxygens (including phenoxy) is 2. The number of methoxy groups -OCH3 is 1. The third-order valence-electron chi connectivity index (χ3n) is 4.29. The van der Waals surface area contributed by atoms with E-state index in [0.29, 0.717) is 32.3 Å². The predicted molar refractivity (Wildman–Crippen MR) is 112 cm³/mol. The van der Waals surface area contributed by atoms with Crippen molar-refractivity contribution < 1.29 is 14.3 Å². The molecule has 0 aromatic rings. The van der Waals surface area contributed by atoms with Crippen LogP contribution in [0.3, 0.4) is 0 Å². The molecule has 1 aliphatic heterocycles. The second kappa shape index (κ2) is 11.8. The van der Waals surface area contributed by atoms with Crippen molar-refractivity contribution in [3.05, 3.63) is 0 Å². The van der Waals surface area contributed by atoms with E-state index in [0.717, 1.165) is 18.8 Å². The van der Waals surface area contributed by atoms with Gasteiger partial charge in [-0.15, -0.1) is 24.0 Å². The first-order valence-corrected chi connectivity index (χ1v) is 8.73. The fraction of sp³-hybridized carbons (Fsp3) is 0.882. The molecule has 148 valence electrons. The Bertz CT molecular complexity index is 419. The van der Waals surface area contributed by atoms with Crippen LogP contribution < -0.4 is 10.6 Å². The van der Waals surface area contributed by atoms with Gasteiger partial charge in [0.25, 0.3) is 0 Å². The number of carbonyl (C=O) groups is 1. The Morgan fingerprint density at radius 2 is 1.92 bits per heavy atom. The molecule has 1 atom stereocenters. The van der Waals surface area contributed by atoms with Crippen molar-refractivity contribution in [2.24, 2.45) is 10.4 Å². The van der Waals surface area contributed by atoms with Crippen LogP contribution in [0, 0.1) is 5.41 Å². The lowest BCUT2D eigenvalue weighted by Gasteiger charge is -2.33. The lowest BCUT2D eigenvalue weighted by molar-refractivity contribution is 0.0204. The molecule has 1 aliphatic rings. The SMILES string of the molecule is CCOC(=O)N1CCC(NC(=NC)NCC(OC)C(C)(C)C)CC1.I. The third kappa shape index (κ3) is 8.44. The quantitative estimate of drug-likeness (QED) is 0.367. The molecule has 0 bridgehead atoms. The lowest BCUT2D eigenvalue weighted by atomic mass is 9.89. The van der Waals surface area contributed by atoms with Crippen molar-refractivity contribution in [3.63, 3.8) is 0 Å². The molecule has 2 N–H and O–H groups in total. The molecular weight excluding hydrogens is 435 g/mol. The summed E-state index contributed by atoms with van der Waals surface area (Å²) in [6.07, 6.45) is 1.65. The van der Waals surface area contributed by atoms with Gasteiger partial charge >= 0.3 is 6.09 Å². The van der Waals surface area contributed by atoms with Gasteiger partial charge in [0.05, 0.1) is 12.7 Å². The zero-order valence-corrected chi connectivity index (χ0v) is 18.8. The standard InChI is InChI=1S/C17H34N4O3.HI/c1-7-24-16(22)21-10-8-13(9-11-21)20-15(18-5)19-12-14(23-6)17(2,3)4;/h13-14H,7-12H2,1-6H3,(H2,18,19,20);1H. The number of hydrogen-bond donors (Lipinski definition) is 2. The molecule has 1 rings (SSSR count). The van der Waals surface area contributed by atoms with Crippen LogP contribution in [-0.4, -0.2) is 69.5 Å². The number of likely N-dealkylation sites (tertiary alicyclic amines) is 1. The zero-order valence-electron chi connectivity index (χ0n) is 16.4. The summed E-state index contributed by atoms with van der Waals surface area (Å²) in [6, 6.07) is 0.303. The summed E-state index contributed by atoms with van der Waals surface area (Å²) in [5, 5.41) is 6.77. The molecule has 0 saturated carbocycles. The minimum Gasteiger partial charge on any atom is -0.450 e. The summed E-state index contributed by atoms with van der Waals surface area (Å²) in [6.45, 7) is 10.8. The average molecular weight is 470 g/mol. The summed E-state index contributed by atoms with van der Waals surface area (Å²) in [4.78, 5) is 17.8. The van der Waals surface area contributed by atoms with Gasteiger partial charge in [0.15, 0.2) is 5.96 Å². The second-order valence-corrected chi connectivity index (χ2v) is 7.15. The lowest BCUT2D eigenvalue weighted by Crippen LogP contribution is -2.51. The molecule has 0 aromatic carbocycles. The number of aliphatic imine (C=N–C) groups is 1. The maximum absolute atomic E-state index is 11.7. The number of amides is 1. The minimum atomic E-state index is -0.216. The molecule has 1 fully saturated rings. The summed E-state index contributed by atoms with van der Waals surface area (Å²) in [5.74, 6) is 0.774. The number of halogens is 1. The summed E-state index contributed by atoms with van der Waals surface area (Å²) >= 11 is 0. The Labute approximate surface area is 169 Å². The molecule has 1 heterocycles. The minimum absolute atomic E-state index is 0. The van der Waals surface area contributed by atoms with Crippen LogP contribution in [0.4, 0.5) is 4.79 Å². The van der Waals surface area contributed by atoms with Crippen molar-refractivity contribution in [2.45, 2.75) is 52.7 Å². The molecule has 0 aromatic heterocycles. The maximum Gasteiger partial charge on any atom is 0.409 e. The van der Waals surface area contributed by atoms with Crippen LogP contribution >= 0.6 is 24.0 Å². The average Bonchev–Trinajstić information content (AvgIpc) is 2.53. The first-order chi connectivity index (χ1) is 11.3. The van der Waals surface area contributed by atoms with Crippen LogP contribution in [0.2, 0.25) is 0 Å². The van der Waals surface area contributed by atoms with E-state index in [2.05, 4.69) is 36.4 Å². The molecule has 0 spiro atoms. The van der Waals surface area contributed by atoms with Gasteiger partial charge in [-0.1, -0.05) is 20.8 Å². The summed E-state index contributed by atoms with van der Waals surface area (Å²) in [5.41, 5.74) is 0.0611. The fourth-order valence-corrected chi connectivity index (χ4v) is 2.74. The molecule has 1 unspecified atom stereocenters. The van der Waals surface area contributed by atoms with Gasteiger partial charge in [0.2, 0.25) is 0 Å². The van der Waals surface area contributed by atoms with Crippen LogP contribution in [0.25, 0.3) is 0 Å². The Morgan fingerprint density at radius 1 is 1.32 bits per heavy atom. The van der Waals surface area contributed by atoms with Crippen LogP contribution in [0.5, 0.6) is 0 Å². The Kier molecular flexibility index (Phi) is 11.4. The molecule has 1 amide bonds. The summed E-state index contributed by atoms with van der Waals surface area (Å²) in [7, 11) is 3.50. The van der Waals surface area contributed by atoms with Gasteiger partial charge in [0.1, 0.15) is 0 Å². The normalized spacial score (nSPS) is 17.5. The molecule has 8 heteroatoms. The van der Waals surface area contributed by atoms with Crippen LogP contribution in [0.15, 0.2) is 4.99 Å². The van der Waals surface area contributed by atoms with E-state index in [1.165, 1.54) is 0 Å². The highest BCUT2D eigenvalue weighted by atomic mass is 127. The number of nitrogens with zero attached hydrogens (tertiary/aromatic N) is 2. The number of nitrogens with one attached hydrogen (secondary N) is 2. The number of guanidine groups is 1. The molecule has 25 heavy (non-hydrogen) atoms. The van der Waals surface area contributed by atoms with Crippen LogP contribution in [0.1, 0.15) is 40.5 Å². The van der Waals surface area contributed by atoms with E-state index in [-0.39, 0.29) is 41.6 Å². The van der Waals surface area contributed by atoms with Gasteiger partial charge in [0, 0.05) is 39.8 Å². The maximum atomic E-state index is 11.7. The number of carbonyl (C=O) groups excluding carboxylic acids is 1. The van der Waals surface area contributed by atoms with Gasteiger partial charge in [-0.05, 0) is 25.2 Å². The van der Waals surface area contributed by atoms with Gasteiger partial charge in [-0.3, -0.25) is 4.99 Å². The smallest absolute Gasteiger partial charge is 0.409 e. The molecule has 0 radical (unpaired) electrons. The first-order valence-electron chi connectivity index (χ1n) is 8.73. The fourth-order valence-electron chi connectivity index (χ4n) is 2.74. The van der Waals surface area contributed by atoms with E-state index in [9.17, 15) is 4.79 Å². The largest absolute Gasteiger partial charge is 0.450 e.